The van der Waals surface area contributed by atoms with Crippen molar-refractivity contribution in [1.29, 1.82) is 0 Å². The lowest BCUT2D eigenvalue weighted by Crippen LogP contribution is -2.09. The van der Waals surface area contributed by atoms with Crippen LogP contribution in [0.1, 0.15) is 0 Å². The molecule has 0 saturated heterocycles. The number of benzene rings is 4. The first-order chi connectivity index (χ1) is 14.1. The van der Waals surface area contributed by atoms with Gasteiger partial charge in [0.15, 0.2) is 11.5 Å². The highest BCUT2D eigenvalue weighted by Gasteiger charge is 2.21. The van der Waals surface area contributed by atoms with Crippen molar-refractivity contribution in [3.63, 3.8) is 0 Å². The fourth-order valence-electron chi connectivity index (χ4n) is 3.39. The van der Waals surface area contributed by atoms with Crippen molar-refractivity contribution in [1.82, 2.24) is 0 Å². The molecule has 0 aliphatic carbocycles. The third-order valence-electron chi connectivity index (χ3n) is 4.52. The molecule has 0 unspecified atom stereocenters. The zero-order chi connectivity index (χ0) is 21.5. The Labute approximate surface area is 174 Å². The van der Waals surface area contributed by atoms with E-state index in [0.717, 1.165) is 23.3 Å². The van der Waals surface area contributed by atoms with Crippen molar-refractivity contribution >= 4 is 41.8 Å². The normalized spacial score (nSPS) is 12.2. The van der Waals surface area contributed by atoms with Crippen molar-refractivity contribution in [3.8, 4) is 22.6 Å². The summed E-state index contributed by atoms with van der Waals surface area (Å²) in [6.45, 7) is 0. The van der Waals surface area contributed by atoms with Gasteiger partial charge in [0.25, 0.3) is 0 Å². The lowest BCUT2D eigenvalue weighted by atomic mass is 9.96. The SMILES string of the molecule is CS(=O)(=O)Oc1c(-c2ccc3ccccc3c2OS(C)(=O)=O)ccc2ccccc12. The number of fused-ring (bicyclic) bond motifs is 2. The second kappa shape index (κ2) is 7.30. The monoisotopic (exact) mass is 442 g/mol. The van der Waals surface area contributed by atoms with Crippen LogP contribution in [0.4, 0.5) is 0 Å². The van der Waals surface area contributed by atoms with Gasteiger partial charge in [0, 0.05) is 21.9 Å². The summed E-state index contributed by atoms with van der Waals surface area (Å²) in [5.41, 5.74) is 0.812. The van der Waals surface area contributed by atoms with E-state index < -0.39 is 20.2 Å². The quantitative estimate of drug-likeness (QED) is 0.428. The molecular formula is C22H18O6S2. The van der Waals surface area contributed by atoms with E-state index in [1.807, 2.05) is 36.4 Å². The van der Waals surface area contributed by atoms with Crippen LogP contribution in [0, 0.1) is 0 Å². The first-order valence-corrected chi connectivity index (χ1v) is 12.6. The Morgan fingerprint density at radius 1 is 0.533 bits per heavy atom. The fourth-order valence-corrected chi connectivity index (χ4v) is 4.36. The van der Waals surface area contributed by atoms with Crippen molar-refractivity contribution in [3.05, 3.63) is 72.8 Å². The number of hydrogen-bond donors (Lipinski definition) is 0. The Morgan fingerprint density at radius 2 is 0.900 bits per heavy atom. The van der Waals surface area contributed by atoms with Crippen LogP contribution in [0.25, 0.3) is 32.7 Å². The van der Waals surface area contributed by atoms with E-state index >= 15 is 0 Å². The largest absolute Gasteiger partial charge is 0.381 e. The van der Waals surface area contributed by atoms with E-state index in [0.29, 0.717) is 21.9 Å². The van der Waals surface area contributed by atoms with Gasteiger partial charge in [0.1, 0.15) is 0 Å². The minimum absolute atomic E-state index is 0.115. The number of hydrogen-bond acceptors (Lipinski definition) is 6. The zero-order valence-electron chi connectivity index (χ0n) is 16.2. The molecule has 0 heterocycles. The summed E-state index contributed by atoms with van der Waals surface area (Å²) < 4.78 is 58.7. The fraction of sp³-hybridized carbons (Fsp3) is 0.0909. The molecule has 4 rings (SSSR count). The van der Waals surface area contributed by atoms with E-state index in [2.05, 4.69) is 0 Å². The first kappa shape index (κ1) is 20.2. The zero-order valence-corrected chi connectivity index (χ0v) is 17.8. The molecule has 0 N–H and O–H groups in total. The van der Waals surface area contributed by atoms with Crippen molar-refractivity contribution in [2.75, 3.05) is 12.5 Å². The van der Waals surface area contributed by atoms with Crippen molar-refractivity contribution < 1.29 is 25.2 Å². The second-order valence-corrected chi connectivity index (χ2v) is 10.1. The maximum absolute atomic E-state index is 12.0. The van der Waals surface area contributed by atoms with E-state index in [1.165, 1.54) is 0 Å². The molecule has 0 aliphatic heterocycles. The van der Waals surface area contributed by atoms with E-state index in [4.69, 9.17) is 8.37 Å². The Kier molecular flexibility index (Phi) is 4.91. The molecule has 6 nitrogen and oxygen atoms in total. The summed E-state index contributed by atoms with van der Waals surface area (Å²) >= 11 is 0. The molecule has 0 aromatic heterocycles. The molecule has 8 heteroatoms. The highest BCUT2D eigenvalue weighted by atomic mass is 32.2. The number of rotatable bonds is 5. The summed E-state index contributed by atoms with van der Waals surface area (Å²) in [6.07, 6.45) is 1.93. The molecule has 154 valence electrons. The highest BCUT2D eigenvalue weighted by Crippen LogP contribution is 2.44. The third kappa shape index (κ3) is 4.10. The molecule has 0 spiro atoms. The van der Waals surface area contributed by atoms with Gasteiger partial charge >= 0.3 is 20.2 Å². The van der Waals surface area contributed by atoms with Crippen LogP contribution in [0.5, 0.6) is 11.5 Å². The molecular weight excluding hydrogens is 424 g/mol. The second-order valence-electron chi connectivity index (χ2n) is 6.90. The van der Waals surface area contributed by atoms with E-state index in [9.17, 15) is 16.8 Å². The molecule has 30 heavy (non-hydrogen) atoms. The third-order valence-corrected chi connectivity index (χ3v) is 5.46. The summed E-state index contributed by atoms with van der Waals surface area (Å²) in [6, 6.07) is 21.4. The van der Waals surface area contributed by atoms with Gasteiger partial charge in [-0.1, -0.05) is 60.7 Å². The smallest absolute Gasteiger partial charge is 0.306 e. The summed E-state index contributed by atoms with van der Waals surface area (Å²) in [5, 5.41) is 2.73. The highest BCUT2D eigenvalue weighted by molar-refractivity contribution is 7.86. The molecule has 0 bridgehead atoms. The van der Waals surface area contributed by atoms with Gasteiger partial charge in [-0.15, -0.1) is 0 Å². The van der Waals surface area contributed by atoms with Crippen LogP contribution in [0.15, 0.2) is 72.8 Å². The molecule has 0 aliphatic rings. The van der Waals surface area contributed by atoms with Crippen LogP contribution >= 0.6 is 0 Å². The van der Waals surface area contributed by atoms with Crippen LogP contribution in [-0.4, -0.2) is 29.3 Å². The molecule has 0 saturated carbocycles. The summed E-state index contributed by atoms with van der Waals surface area (Å²) in [4.78, 5) is 0. The van der Waals surface area contributed by atoms with Gasteiger partial charge in [0.2, 0.25) is 0 Å². The molecule has 4 aromatic rings. The van der Waals surface area contributed by atoms with Gasteiger partial charge in [-0.3, -0.25) is 0 Å². The minimum atomic E-state index is -3.85. The predicted octanol–water partition coefficient (Wildman–Crippen LogP) is 4.34. The van der Waals surface area contributed by atoms with Crippen LogP contribution in [0.3, 0.4) is 0 Å². The summed E-state index contributed by atoms with van der Waals surface area (Å²) in [7, 11) is -7.70. The maximum atomic E-state index is 12.0. The van der Waals surface area contributed by atoms with Crippen LogP contribution in [0.2, 0.25) is 0 Å². The van der Waals surface area contributed by atoms with Gasteiger partial charge in [-0.2, -0.15) is 16.8 Å². The van der Waals surface area contributed by atoms with Crippen LogP contribution < -0.4 is 8.37 Å². The molecule has 0 atom stereocenters. The molecule has 0 radical (unpaired) electrons. The van der Waals surface area contributed by atoms with Crippen molar-refractivity contribution in [2.24, 2.45) is 0 Å². The average Bonchev–Trinajstić information content (AvgIpc) is 2.67. The van der Waals surface area contributed by atoms with Crippen molar-refractivity contribution in [2.45, 2.75) is 0 Å². The van der Waals surface area contributed by atoms with Gasteiger partial charge in [0.05, 0.1) is 12.5 Å². The van der Waals surface area contributed by atoms with Gasteiger partial charge in [-0.05, 0) is 22.9 Å². The Hall–Kier alpha value is -3.10. The minimum Gasteiger partial charge on any atom is -0.381 e. The Bertz CT molecular complexity index is 1370. The average molecular weight is 443 g/mol. The molecule has 4 aromatic carbocycles. The Morgan fingerprint density at radius 3 is 1.27 bits per heavy atom. The topological polar surface area (TPSA) is 86.7 Å². The molecule has 0 amide bonds. The molecule has 0 fully saturated rings. The predicted molar refractivity (Wildman–Crippen MR) is 118 cm³/mol. The van der Waals surface area contributed by atoms with Gasteiger partial charge < -0.3 is 8.37 Å². The maximum Gasteiger partial charge on any atom is 0.306 e. The van der Waals surface area contributed by atoms with Crippen LogP contribution in [-0.2, 0) is 20.2 Å². The lowest BCUT2D eigenvalue weighted by molar-refractivity contribution is 0.491. The van der Waals surface area contributed by atoms with E-state index in [1.54, 1.807) is 36.4 Å². The van der Waals surface area contributed by atoms with E-state index in [-0.39, 0.29) is 11.5 Å². The lowest BCUT2D eigenvalue weighted by Gasteiger charge is -2.17. The van der Waals surface area contributed by atoms with Gasteiger partial charge in [-0.25, -0.2) is 0 Å². The standard InChI is InChI=1S/C22H18O6S2/c1-29(23,24)27-21-17-9-5-3-7-15(17)11-13-19(21)20-14-12-16-8-4-6-10-18(16)22(20)28-30(2,25)26/h3-14H,1-2H3. The Balaban J connectivity index is 2.10. The summed E-state index contributed by atoms with van der Waals surface area (Å²) in [5.74, 6) is 0.230. The first-order valence-electron chi connectivity index (χ1n) is 8.95.